The van der Waals surface area contributed by atoms with Crippen molar-refractivity contribution in [3.05, 3.63) is 29.8 Å². The van der Waals surface area contributed by atoms with Gasteiger partial charge < -0.3 is 10.6 Å². The molecule has 0 bridgehead atoms. The van der Waals surface area contributed by atoms with Crippen LogP contribution in [-0.4, -0.2) is 23.9 Å². The molecule has 0 atom stereocenters. The largest absolute Gasteiger partial charge is 0.399 e. The van der Waals surface area contributed by atoms with Gasteiger partial charge >= 0.3 is 0 Å². The van der Waals surface area contributed by atoms with Crippen molar-refractivity contribution in [2.45, 2.75) is 32.1 Å². The molecule has 1 fully saturated rings. The molecule has 1 heterocycles. The van der Waals surface area contributed by atoms with Crippen LogP contribution in [0.15, 0.2) is 24.3 Å². The first-order valence-electron chi connectivity index (χ1n) is 6.38. The fourth-order valence-electron chi connectivity index (χ4n) is 2.24. The number of benzene rings is 1. The molecule has 1 aromatic carbocycles. The molecule has 2 N–H and O–H groups in total. The van der Waals surface area contributed by atoms with E-state index in [9.17, 15) is 4.79 Å². The van der Waals surface area contributed by atoms with Crippen LogP contribution in [-0.2, 0) is 11.2 Å². The van der Waals surface area contributed by atoms with Crippen molar-refractivity contribution in [2.24, 2.45) is 0 Å². The number of hydrogen-bond acceptors (Lipinski definition) is 2. The Morgan fingerprint density at radius 2 is 1.76 bits per heavy atom. The van der Waals surface area contributed by atoms with Crippen LogP contribution >= 0.6 is 0 Å². The Balaban J connectivity index is 1.81. The lowest BCUT2D eigenvalue weighted by molar-refractivity contribution is -0.132. The Labute approximate surface area is 103 Å². The zero-order valence-corrected chi connectivity index (χ0v) is 10.2. The first kappa shape index (κ1) is 12.0. The second kappa shape index (κ2) is 5.71. The van der Waals surface area contributed by atoms with Crippen LogP contribution in [0, 0.1) is 0 Å². The van der Waals surface area contributed by atoms with Crippen molar-refractivity contribution in [3.8, 4) is 0 Å². The molecular weight excluding hydrogens is 212 g/mol. The van der Waals surface area contributed by atoms with E-state index in [4.69, 9.17) is 5.73 Å². The molecule has 1 aliphatic heterocycles. The number of likely N-dealkylation sites (tertiary alicyclic amines) is 1. The number of nitrogen functional groups attached to an aromatic ring is 1. The molecular formula is C14H20N2O. The highest BCUT2D eigenvalue weighted by molar-refractivity contribution is 5.76. The summed E-state index contributed by atoms with van der Waals surface area (Å²) in [5.41, 5.74) is 7.58. The molecule has 0 saturated carbocycles. The minimum atomic E-state index is 0.293. The Morgan fingerprint density at radius 3 is 2.41 bits per heavy atom. The van der Waals surface area contributed by atoms with Crippen molar-refractivity contribution in [3.63, 3.8) is 0 Å². The molecule has 1 amide bonds. The minimum absolute atomic E-state index is 0.293. The van der Waals surface area contributed by atoms with Crippen molar-refractivity contribution < 1.29 is 4.79 Å². The fraction of sp³-hybridized carbons (Fsp3) is 0.500. The van der Waals surface area contributed by atoms with E-state index in [1.54, 1.807) is 0 Å². The van der Waals surface area contributed by atoms with Gasteiger partial charge in [0.05, 0.1) is 0 Å². The van der Waals surface area contributed by atoms with Gasteiger partial charge in [-0.2, -0.15) is 0 Å². The van der Waals surface area contributed by atoms with Gasteiger partial charge in [-0.3, -0.25) is 4.79 Å². The van der Waals surface area contributed by atoms with E-state index in [1.165, 1.54) is 12.0 Å². The summed E-state index contributed by atoms with van der Waals surface area (Å²) in [6.07, 6.45) is 5.02. The van der Waals surface area contributed by atoms with E-state index in [-0.39, 0.29) is 0 Å². The van der Waals surface area contributed by atoms with Crippen molar-refractivity contribution >= 4 is 11.6 Å². The molecule has 3 heteroatoms. The van der Waals surface area contributed by atoms with Crippen LogP contribution in [0.3, 0.4) is 0 Å². The maximum absolute atomic E-state index is 11.9. The number of nitrogens with zero attached hydrogens (tertiary/aromatic N) is 1. The van der Waals surface area contributed by atoms with Crippen molar-refractivity contribution in [1.29, 1.82) is 0 Å². The SMILES string of the molecule is Nc1ccc(CCC(=O)N2CCCCC2)cc1. The first-order valence-corrected chi connectivity index (χ1v) is 6.38. The summed E-state index contributed by atoms with van der Waals surface area (Å²) < 4.78 is 0. The Hall–Kier alpha value is -1.51. The molecule has 0 unspecified atom stereocenters. The number of anilines is 1. The normalized spacial score (nSPS) is 15.9. The van der Waals surface area contributed by atoms with Crippen LogP contribution in [0.1, 0.15) is 31.2 Å². The molecule has 3 nitrogen and oxygen atoms in total. The number of aryl methyl sites for hydroxylation is 1. The number of rotatable bonds is 3. The minimum Gasteiger partial charge on any atom is -0.399 e. The molecule has 0 spiro atoms. The molecule has 0 aromatic heterocycles. The summed E-state index contributed by atoms with van der Waals surface area (Å²) in [5, 5.41) is 0. The third-order valence-electron chi connectivity index (χ3n) is 3.32. The zero-order chi connectivity index (χ0) is 12.1. The van der Waals surface area contributed by atoms with Gasteiger partial charge in [0, 0.05) is 25.2 Å². The molecule has 0 aliphatic carbocycles. The van der Waals surface area contributed by atoms with E-state index in [0.717, 1.165) is 38.0 Å². The number of hydrogen-bond donors (Lipinski definition) is 1. The molecule has 92 valence electrons. The topological polar surface area (TPSA) is 46.3 Å². The van der Waals surface area contributed by atoms with Crippen LogP contribution in [0.4, 0.5) is 5.69 Å². The second-order valence-corrected chi connectivity index (χ2v) is 4.68. The lowest BCUT2D eigenvalue weighted by Gasteiger charge is -2.26. The molecule has 2 rings (SSSR count). The van der Waals surface area contributed by atoms with E-state index >= 15 is 0 Å². The fourth-order valence-corrected chi connectivity index (χ4v) is 2.24. The molecule has 17 heavy (non-hydrogen) atoms. The summed E-state index contributed by atoms with van der Waals surface area (Å²) in [4.78, 5) is 13.9. The van der Waals surface area contributed by atoms with Gasteiger partial charge in [-0.05, 0) is 43.4 Å². The average molecular weight is 232 g/mol. The number of carbonyl (C=O) groups excluding carboxylic acids is 1. The zero-order valence-electron chi connectivity index (χ0n) is 10.2. The van der Waals surface area contributed by atoms with Crippen LogP contribution in [0.25, 0.3) is 0 Å². The van der Waals surface area contributed by atoms with Gasteiger partial charge in [0.1, 0.15) is 0 Å². The maximum Gasteiger partial charge on any atom is 0.222 e. The number of nitrogens with two attached hydrogens (primary N) is 1. The summed E-state index contributed by atoms with van der Waals surface area (Å²) in [6, 6.07) is 7.78. The highest BCUT2D eigenvalue weighted by Gasteiger charge is 2.15. The van der Waals surface area contributed by atoms with E-state index in [0.29, 0.717) is 12.3 Å². The van der Waals surface area contributed by atoms with E-state index in [2.05, 4.69) is 0 Å². The molecule has 0 radical (unpaired) electrons. The number of amides is 1. The molecule has 1 saturated heterocycles. The summed E-state index contributed by atoms with van der Waals surface area (Å²) in [5.74, 6) is 0.293. The van der Waals surface area contributed by atoms with E-state index in [1.807, 2.05) is 29.2 Å². The highest BCUT2D eigenvalue weighted by atomic mass is 16.2. The quantitative estimate of drug-likeness (QED) is 0.812. The molecule has 1 aliphatic rings. The van der Waals surface area contributed by atoms with Gasteiger partial charge in [-0.25, -0.2) is 0 Å². The van der Waals surface area contributed by atoms with Gasteiger partial charge in [0.2, 0.25) is 5.91 Å². The predicted octanol–water partition coefficient (Wildman–Crippen LogP) is 2.21. The Morgan fingerprint density at radius 1 is 1.12 bits per heavy atom. The second-order valence-electron chi connectivity index (χ2n) is 4.68. The Bertz CT molecular complexity index is 366. The number of piperidine rings is 1. The third kappa shape index (κ3) is 3.48. The van der Waals surface area contributed by atoms with Crippen LogP contribution in [0.2, 0.25) is 0 Å². The smallest absolute Gasteiger partial charge is 0.222 e. The van der Waals surface area contributed by atoms with Gasteiger partial charge in [0.25, 0.3) is 0 Å². The van der Waals surface area contributed by atoms with Gasteiger partial charge in [-0.1, -0.05) is 12.1 Å². The lowest BCUT2D eigenvalue weighted by Crippen LogP contribution is -2.35. The standard InChI is InChI=1S/C14H20N2O/c15-13-7-4-12(5-8-13)6-9-14(17)16-10-2-1-3-11-16/h4-5,7-8H,1-3,6,9-11,15H2. The van der Waals surface area contributed by atoms with Crippen molar-refractivity contribution in [1.82, 2.24) is 4.90 Å². The lowest BCUT2D eigenvalue weighted by atomic mass is 10.1. The number of carbonyl (C=O) groups is 1. The summed E-state index contributed by atoms with van der Waals surface area (Å²) >= 11 is 0. The summed E-state index contributed by atoms with van der Waals surface area (Å²) in [6.45, 7) is 1.89. The monoisotopic (exact) mass is 232 g/mol. The van der Waals surface area contributed by atoms with E-state index < -0.39 is 0 Å². The van der Waals surface area contributed by atoms with Crippen molar-refractivity contribution in [2.75, 3.05) is 18.8 Å². The summed E-state index contributed by atoms with van der Waals surface area (Å²) in [7, 11) is 0. The van der Waals surface area contributed by atoms with Crippen LogP contribution in [0.5, 0.6) is 0 Å². The highest BCUT2D eigenvalue weighted by Crippen LogP contribution is 2.12. The predicted molar refractivity (Wildman–Crippen MR) is 69.6 cm³/mol. The average Bonchev–Trinajstić information content (AvgIpc) is 2.39. The van der Waals surface area contributed by atoms with Crippen LogP contribution < -0.4 is 5.73 Å². The van der Waals surface area contributed by atoms with Gasteiger partial charge in [0.15, 0.2) is 0 Å². The molecule has 1 aromatic rings. The first-order chi connectivity index (χ1) is 8.25. The third-order valence-corrected chi connectivity index (χ3v) is 3.32. The van der Waals surface area contributed by atoms with Gasteiger partial charge in [-0.15, -0.1) is 0 Å². The maximum atomic E-state index is 11.9. The Kier molecular flexibility index (Phi) is 4.02.